The van der Waals surface area contributed by atoms with Crippen LogP contribution in [-0.4, -0.2) is 21.9 Å². The summed E-state index contributed by atoms with van der Waals surface area (Å²) in [6.45, 7) is 3.49. The van der Waals surface area contributed by atoms with Crippen LogP contribution in [-0.2, 0) is 18.9 Å². The summed E-state index contributed by atoms with van der Waals surface area (Å²) in [6, 6.07) is 26.3. The average molecular weight is 432 g/mol. The Morgan fingerprint density at radius 1 is 0.806 bits per heavy atom. The maximum atomic E-state index is 5.87. The highest BCUT2D eigenvalue weighted by atomic mass is 32.2. The summed E-state index contributed by atoms with van der Waals surface area (Å²) >= 11 is 1.69. The molecule has 0 spiro atoms. The molecule has 0 fully saturated rings. The van der Waals surface area contributed by atoms with Crippen LogP contribution in [0.5, 0.6) is 11.5 Å². The van der Waals surface area contributed by atoms with Gasteiger partial charge in [-0.1, -0.05) is 54.2 Å². The molecule has 0 aliphatic rings. The van der Waals surface area contributed by atoms with Crippen molar-refractivity contribution in [3.8, 4) is 22.9 Å². The van der Waals surface area contributed by atoms with Gasteiger partial charge in [0.15, 0.2) is 11.0 Å². The first-order valence-corrected chi connectivity index (χ1v) is 11.2. The first-order chi connectivity index (χ1) is 15.3. The zero-order valence-electron chi connectivity index (χ0n) is 17.7. The van der Waals surface area contributed by atoms with Gasteiger partial charge < -0.3 is 14.0 Å². The van der Waals surface area contributed by atoms with E-state index in [1.807, 2.05) is 54.6 Å². The van der Waals surface area contributed by atoms with Gasteiger partial charge in [-0.3, -0.25) is 0 Å². The SMILES string of the molecule is CCn1c(SCc2ccc(OCc3ccccc3)cc2)nnc1-c1ccc(OC)cc1. The lowest BCUT2D eigenvalue weighted by atomic mass is 10.2. The molecule has 0 unspecified atom stereocenters. The summed E-state index contributed by atoms with van der Waals surface area (Å²) in [6.07, 6.45) is 0. The van der Waals surface area contributed by atoms with Gasteiger partial charge in [0.1, 0.15) is 18.1 Å². The number of aromatic nitrogens is 3. The van der Waals surface area contributed by atoms with Crippen LogP contribution >= 0.6 is 11.8 Å². The van der Waals surface area contributed by atoms with Gasteiger partial charge in [0.25, 0.3) is 0 Å². The second-order valence-electron chi connectivity index (χ2n) is 6.99. The summed E-state index contributed by atoms with van der Waals surface area (Å²) < 4.78 is 13.3. The van der Waals surface area contributed by atoms with Crippen LogP contribution in [0.15, 0.2) is 84.0 Å². The number of hydrogen-bond donors (Lipinski definition) is 0. The Morgan fingerprint density at radius 2 is 1.52 bits per heavy atom. The molecular weight excluding hydrogens is 406 g/mol. The van der Waals surface area contributed by atoms with Gasteiger partial charge in [-0.25, -0.2) is 0 Å². The quantitative estimate of drug-likeness (QED) is 0.311. The van der Waals surface area contributed by atoms with Gasteiger partial charge in [0.05, 0.1) is 7.11 Å². The topological polar surface area (TPSA) is 49.2 Å². The minimum atomic E-state index is 0.572. The Kier molecular flexibility index (Phi) is 6.89. The van der Waals surface area contributed by atoms with Crippen molar-refractivity contribution in [2.75, 3.05) is 7.11 Å². The number of ether oxygens (including phenoxy) is 2. The molecule has 158 valence electrons. The number of hydrogen-bond acceptors (Lipinski definition) is 5. The Balaban J connectivity index is 1.38. The fourth-order valence-electron chi connectivity index (χ4n) is 3.20. The molecular formula is C25H25N3O2S. The van der Waals surface area contributed by atoms with Crippen molar-refractivity contribution in [3.63, 3.8) is 0 Å². The number of thioether (sulfide) groups is 1. The van der Waals surface area contributed by atoms with E-state index in [-0.39, 0.29) is 0 Å². The maximum Gasteiger partial charge on any atom is 0.191 e. The van der Waals surface area contributed by atoms with Crippen LogP contribution in [0.3, 0.4) is 0 Å². The highest BCUT2D eigenvalue weighted by Gasteiger charge is 2.13. The van der Waals surface area contributed by atoms with Crippen molar-refractivity contribution in [3.05, 3.63) is 90.0 Å². The lowest BCUT2D eigenvalue weighted by molar-refractivity contribution is 0.306. The Morgan fingerprint density at radius 3 is 2.19 bits per heavy atom. The summed E-state index contributed by atoms with van der Waals surface area (Å²) in [4.78, 5) is 0. The Hall–Kier alpha value is -3.25. The lowest BCUT2D eigenvalue weighted by Crippen LogP contribution is -2.00. The molecule has 0 atom stereocenters. The molecule has 4 aromatic rings. The first-order valence-electron chi connectivity index (χ1n) is 10.2. The minimum absolute atomic E-state index is 0.572. The number of nitrogens with zero attached hydrogens (tertiary/aromatic N) is 3. The highest BCUT2D eigenvalue weighted by Crippen LogP contribution is 2.28. The van der Waals surface area contributed by atoms with Crippen molar-refractivity contribution >= 4 is 11.8 Å². The van der Waals surface area contributed by atoms with Crippen molar-refractivity contribution in [2.45, 2.75) is 31.0 Å². The Labute approximate surface area is 187 Å². The van der Waals surface area contributed by atoms with E-state index in [1.165, 1.54) is 5.56 Å². The van der Waals surface area contributed by atoms with Crippen molar-refractivity contribution in [1.82, 2.24) is 14.8 Å². The molecule has 0 saturated heterocycles. The van der Waals surface area contributed by atoms with E-state index in [0.29, 0.717) is 6.61 Å². The van der Waals surface area contributed by atoms with Gasteiger partial charge >= 0.3 is 0 Å². The molecule has 4 rings (SSSR count). The van der Waals surface area contributed by atoms with E-state index in [1.54, 1.807) is 18.9 Å². The Bertz CT molecular complexity index is 1090. The third-order valence-corrected chi connectivity index (χ3v) is 5.96. The van der Waals surface area contributed by atoms with Crippen LogP contribution in [0.25, 0.3) is 11.4 Å². The molecule has 0 radical (unpaired) electrons. The predicted molar refractivity (Wildman–Crippen MR) is 124 cm³/mol. The molecule has 1 aromatic heterocycles. The fraction of sp³-hybridized carbons (Fsp3) is 0.200. The summed E-state index contributed by atoms with van der Waals surface area (Å²) in [7, 11) is 1.67. The maximum absolute atomic E-state index is 5.87. The molecule has 0 bridgehead atoms. The molecule has 5 nitrogen and oxygen atoms in total. The van der Waals surface area contributed by atoms with E-state index in [2.05, 4.69) is 46.0 Å². The molecule has 0 amide bonds. The predicted octanol–water partition coefficient (Wildman–Crippen LogP) is 5.84. The fourth-order valence-corrected chi connectivity index (χ4v) is 4.16. The van der Waals surface area contributed by atoms with E-state index < -0.39 is 0 Å². The van der Waals surface area contributed by atoms with Gasteiger partial charge in [0.2, 0.25) is 0 Å². The van der Waals surface area contributed by atoms with Crippen LogP contribution in [0.4, 0.5) is 0 Å². The molecule has 1 heterocycles. The lowest BCUT2D eigenvalue weighted by Gasteiger charge is -2.09. The normalized spacial score (nSPS) is 10.8. The highest BCUT2D eigenvalue weighted by molar-refractivity contribution is 7.98. The first kappa shape index (κ1) is 21.0. The zero-order valence-corrected chi connectivity index (χ0v) is 18.5. The molecule has 0 N–H and O–H groups in total. The number of rotatable bonds is 9. The second-order valence-corrected chi connectivity index (χ2v) is 7.93. The second kappa shape index (κ2) is 10.2. The number of methoxy groups -OCH3 is 1. The van der Waals surface area contributed by atoms with Crippen molar-refractivity contribution < 1.29 is 9.47 Å². The van der Waals surface area contributed by atoms with Gasteiger partial charge in [-0.15, -0.1) is 10.2 Å². The van der Waals surface area contributed by atoms with Gasteiger partial charge in [-0.2, -0.15) is 0 Å². The minimum Gasteiger partial charge on any atom is -0.497 e. The summed E-state index contributed by atoms with van der Waals surface area (Å²) in [5.41, 5.74) is 3.41. The third kappa shape index (κ3) is 5.27. The molecule has 0 aliphatic heterocycles. The average Bonchev–Trinajstić information content (AvgIpc) is 3.25. The standard InChI is InChI=1S/C25H25N3O2S/c1-3-28-24(21-11-15-22(29-2)16-12-21)26-27-25(28)31-18-20-9-13-23(14-10-20)30-17-19-7-5-4-6-8-19/h4-16H,3,17-18H2,1-2H3. The summed E-state index contributed by atoms with van der Waals surface area (Å²) in [5.74, 6) is 3.39. The molecule has 3 aromatic carbocycles. The van der Waals surface area contributed by atoms with Crippen LogP contribution in [0, 0.1) is 0 Å². The molecule has 0 aliphatic carbocycles. The van der Waals surface area contributed by atoms with E-state index in [4.69, 9.17) is 9.47 Å². The largest absolute Gasteiger partial charge is 0.497 e. The van der Waals surface area contributed by atoms with Crippen LogP contribution in [0.2, 0.25) is 0 Å². The molecule has 0 saturated carbocycles. The number of benzene rings is 3. The van der Waals surface area contributed by atoms with Crippen molar-refractivity contribution in [2.24, 2.45) is 0 Å². The molecule has 6 heteroatoms. The van der Waals surface area contributed by atoms with E-state index in [9.17, 15) is 0 Å². The summed E-state index contributed by atoms with van der Waals surface area (Å²) in [5, 5.41) is 9.76. The zero-order chi connectivity index (χ0) is 21.5. The smallest absolute Gasteiger partial charge is 0.191 e. The monoisotopic (exact) mass is 431 g/mol. The third-order valence-electron chi connectivity index (χ3n) is 4.92. The van der Waals surface area contributed by atoms with E-state index >= 15 is 0 Å². The molecule has 31 heavy (non-hydrogen) atoms. The van der Waals surface area contributed by atoms with Crippen molar-refractivity contribution in [1.29, 1.82) is 0 Å². The van der Waals surface area contributed by atoms with Gasteiger partial charge in [-0.05, 0) is 54.4 Å². The van der Waals surface area contributed by atoms with Crippen LogP contribution < -0.4 is 9.47 Å². The van der Waals surface area contributed by atoms with E-state index in [0.717, 1.165) is 45.9 Å². The van der Waals surface area contributed by atoms with Crippen LogP contribution in [0.1, 0.15) is 18.1 Å². The van der Waals surface area contributed by atoms with Gasteiger partial charge in [0, 0.05) is 17.9 Å².